The molecule has 0 amide bonds. The maximum absolute atomic E-state index is 4.38. The van der Waals surface area contributed by atoms with Crippen molar-refractivity contribution in [2.45, 2.75) is 40.2 Å². The van der Waals surface area contributed by atoms with Gasteiger partial charge in [0, 0.05) is 25.4 Å². The van der Waals surface area contributed by atoms with Crippen LogP contribution < -0.4 is 5.32 Å². The quantitative estimate of drug-likeness (QED) is 0.745. The van der Waals surface area contributed by atoms with Gasteiger partial charge in [-0.3, -0.25) is 0 Å². The van der Waals surface area contributed by atoms with Crippen LogP contribution in [0.5, 0.6) is 0 Å². The largest absolute Gasteiger partial charge is 0.335 e. The van der Waals surface area contributed by atoms with Gasteiger partial charge in [0.05, 0.1) is 0 Å². The van der Waals surface area contributed by atoms with Crippen molar-refractivity contribution < 1.29 is 0 Å². The number of aromatic nitrogens is 2. The summed E-state index contributed by atoms with van der Waals surface area (Å²) in [5, 5.41) is 3.38. The van der Waals surface area contributed by atoms with Gasteiger partial charge in [-0.2, -0.15) is 0 Å². The molecule has 1 heterocycles. The zero-order valence-corrected chi connectivity index (χ0v) is 10.2. The number of hydrogen-bond acceptors (Lipinski definition) is 2. The first-order valence-electron chi connectivity index (χ1n) is 5.98. The molecular weight excluding hydrogens is 186 g/mol. The monoisotopic (exact) mass is 209 g/mol. The first-order valence-corrected chi connectivity index (χ1v) is 5.98. The molecule has 86 valence electrons. The summed E-state index contributed by atoms with van der Waals surface area (Å²) >= 11 is 0. The van der Waals surface area contributed by atoms with Crippen molar-refractivity contribution in [1.29, 1.82) is 0 Å². The summed E-state index contributed by atoms with van der Waals surface area (Å²) in [7, 11) is 0. The molecule has 0 radical (unpaired) electrons. The Labute approximate surface area is 92.9 Å². The average Bonchev–Trinajstić information content (AvgIpc) is 2.63. The first kappa shape index (κ1) is 12.2. The Hall–Kier alpha value is -0.830. The van der Waals surface area contributed by atoms with Gasteiger partial charge in [-0.25, -0.2) is 4.98 Å². The third-order valence-corrected chi connectivity index (χ3v) is 2.53. The van der Waals surface area contributed by atoms with Crippen LogP contribution >= 0.6 is 0 Å². The number of aryl methyl sites for hydroxylation is 1. The Morgan fingerprint density at radius 3 is 2.93 bits per heavy atom. The molecule has 0 aliphatic heterocycles. The molecule has 1 aromatic rings. The van der Waals surface area contributed by atoms with Crippen LogP contribution in [0, 0.1) is 5.92 Å². The summed E-state index contributed by atoms with van der Waals surface area (Å²) in [6.07, 6.45) is 6.25. The molecule has 1 rings (SSSR count). The number of nitrogens with one attached hydrogen (secondary N) is 1. The third-order valence-electron chi connectivity index (χ3n) is 2.53. The summed E-state index contributed by atoms with van der Waals surface area (Å²) < 4.78 is 2.28. The van der Waals surface area contributed by atoms with Crippen LogP contribution in [-0.4, -0.2) is 22.6 Å². The normalized spacial score (nSPS) is 13.0. The van der Waals surface area contributed by atoms with Crippen LogP contribution in [0.25, 0.3) is 0 Å². The van der Waals surface area contributed by atoms with Crippen LogP contribution in [0.15, 0.2) is 12.4 Å². The van der Waals surface area contributed by atoms with E-state index in [4.69, 9.17) is 0 Å². The molecule has 0 spiro atoms. The van der Waals surface area contributed by atoms with Gasteiger partial charge in [0.2, 0.25) is 0 Å². The van der Waals surface area contributed by atoms with Crippen LogP contribution in [0.2, 0.25) is 0 Å². The van der Waals surface area contributed by atoms with E-state index in [0.717, 1.165) is 26.1 Å². The molecule has 0 saturated heterocycles. The molecule has 3 heteroatoms. The Bertz CT molecular complexity index is 268. The van der Waals surface area contributed by atoms with Gasteiger partial charge in [-0.05, 0) is 25.4 Å². The standard InChI is InChI=1S/C12H23N3/c1-4-6-12-14-7-8-15(12)10-11(3)9-13-5-2/h7-8,11,13H,4-6,9-10H2,1-3H3. The van der Waals surface area contributed by atoms with Crippen molar-refractivity contribution >= 4 is 0 Å². The predicted molar refractivity (Wildman–Crippen MR) is 63.9 cm³/mol. The van der Waals surface area contributed by atoms with E-state index in [9.17, 15) is 0 Å². The lowest BCUT2D eigenvalue weighted by atomic mass is 10.2. The van der Waals surface area contributed by atoms with E-state index in [1.54, 1.807) is 0 Å². The Kier molecular flexibility index (Phi) is 5.40. The molecule has 1 N–H and O–H groups in total. The van der Waals surface area contributed by atoms with Crippen molar-refractivity contribution in [2.75, 3.05) is 13.1 Å². The summed E-state index contributed by atoms with van der Waals surface area (Å²) in [6, 6.07) is 0. The van der Waals surface area contributed by atoms with Crippen molar-refractivity contribution in [2.24, 2.45) is 5.92 Å². The van der Waals surface area contributed by atoms with E-state index in [1.165, 1.54) is 12.2 Å². The van der Waals surface area contributed by atoms with Gasteiger partial charge in [-0.15, -0.1) is 0 Å². The average molecular weight is 209 g/mol. The molecule has 3 nitrogen and oxygen atoms in total. The highest BCUT2D eigenvalue weighted by atomic mass is 15.1. The molecule has 15 heavy (non-hydrogen) atoms. The summed E-state index contributed by atoms with van der Waals surface area (Å²) in [5.74, 6) is 1.88. The molecule has 0 aromatic carbocycles. The molecule has 1 aromatic heterocycles. The number of rotatable bonds is 7. The van der Waals surface area contributed by atoms with E-state index in [-0.39, 0.29) is 0 Å². The lowest BCUT2D eigenvalue weighted by molar-refractivity contribution is 0.442. The van der Waals surface area contributed by atoms with E-state index in [2.05, 4.69) is 41.8 Å². The summed E-state index contributed by atoms with van der Waals surface area (Å²) in [4.78, 5) is 4.38. The fraction of sp³-hybridized carbons (Fsp3) is 0.750. The molecule has 1 unspecified atom stereocenters. The van der Waals surface area contributed by atoms with Gasteiger partial charge in [0.1, 0.15) is 5.82 Å². The minimum atomic E-state index is 0.662. The smallest absolute Gasteiger partial charge is 0.108 e. The first-order chi connectivity index (χ1) is 7.27. The SMILES string of the molecule is CCCc1nccn1CC(C)CNCC. The van der Waals surface area contributed by atoms with Crippen LogP contribution in [0.3, 0.4) is 0 Å². The molecule has 0 bridgehead atoms. The van der Waals surface area contributed by atoms with Gasteiger partial charge >= 0.3 is 0 Å². The van der Waals surface area contributed by atoms with E-state index >= 15 is 0 Å². The van der Waals surface area contributed by atoms with Crippen LogP contribution in [0.4, 0.5) is 0 Å². The lowest BCUT2D eigenvalue weighted by Gasteiger charge is -2.14. The zero-order chi connectivity index (χ0) is 11.1. The van der Waals surface area contributed by atoms with E-state index < -0.39 is 0 Å². The van der Waals surface area contributed by atoms with Gasteiger partial charge < -0.3 is 9.88 Å². The van der Waals surface area contributed by atoms with Crippen molar-refractivity contribution in [3.63, 3.8) is 0 Å². The molecular formula is C12H23N3. The zero-order valence-electron chi connectivity index (χ0n) is 10.2. The highest BCUT2D eigenvalue weighted by Crippen LogP contribution is 2.05. The van der Waals surface area contributed by atoms with Crippen molar-refractivity contribution in [3.05, 3.63) is 18.2 Å². The highest BCUT2D eigenvalue weighted by molar-refractivity contribution is 4.92. The molecule has 0 fully saturated rings. The lowest BCUT2D eigenvalue weighted by Crippen LogP contribution is -2.24. The fourth-order valence-electron chi connectivity index (χ4n) is 1.75. The van der Waals surface area contributed by atoms with Gasteiger partial charge in [-0.1, -0.05) is 20.8 Å². The number of imidazole rings is 1. The Balaban J connectivity index is 2.44. The van der Waals surface area contributed by atoms with E-state index in [1.807, 2.05) is 6.20 Å². The van der Waals surface area contributed by atoms with Crippen molar-refractivity contribution in [1.82, 2.24) is 14.9 Å². The number of nitrogens with zero attached hydrogens (tertiary/aromatic N) is 2. The fourth-order valence-corrected chi connectivity index (χ4v) is 1.75. The Morgan fingerprint density at radius 2 is 2.27 bits per heavy atom. The number of hydrogen-bond donors (Lipinski definition) is 1. The van der Waals surface area contributed by atoms with Crippen LogP contribution in [0.1, 0.15) is 33.0 Å². The van der Waals surface area contributed by atoms with Gasteiger partial charge in [0.15, 0.2) is 0 Å². The summed E-state index contributed by atoms with van der Waals surface area (Å²) in [6.45, 7) is 9.82. The second-order valence-electron chi connectivity index (χ2n) is 4.16. The molecule has 0 aliphatic carbocycles. The maximum atomic E-state index is 4.38. The maximum Gasteiger partial charge on any atom is 0.108 e. The van der Waals surface area contributed by atoms with Crippen LogP contribution in [-0.2, 0) is 13.0 Å². The minimum Gasteiger partial charge on any atom is -0.335 e. The predicted octanol–water partition coefficient (Wildman–Crippen LogP) is 2.08. The van der Waals surface area contributed by atoms with Gasteiger partial charge in [0.25, 0.3) is 0 Å². The second-order valence-corrected chi connectivity index (χ2v) is 4.16. The third kappa shape index (κ3) is 4.04. The van der Waals surface area contributed by atoms with Crippen molar-refractivity contribution in [3.8, 4) is 0 Å². The summed E-state index contributed by atoms with van der Waals surface area (Å²) in [5.41, 5.74) is 0. The Morgan fingerprint density at radius 1 is 1.47 bits per heavy atom. The second kappa shape index (κ2) is 6.62. The highest BCUT2D eigenvalue weighted by Gasteiger charge is 2.06. The minimum absolute atomic E-state index is 0.662. The topological polar surface area (TPSA) is 29.9 Å². The molecule has 1 atom stereocenters. The molecule has 0 saturated carbocycles. The molecule has 0 aliphatic rings. The van der Waals surface area contributed by atoms with E-state index in [0.29, 0.717) is 5.92 Å².